The molecule has 0 amide bonds. The molecule has 0 aliphatic carbocycles. The molecule has 0 bridgehead atoms. The molecule has 0 spiro atoms. The van der Waals surface area contributed by atoms with E-state index in [1.807, 2.05) is 0 Å². The molecule has 2 aromatic rings. The summed E-state index contributed by atoms with van der Waals surface area (Å²) in [6.07, 6.45) is 0. The van der Waals surface area contributed by atoms with Gasteiger partial charge in [0, 0.05) is 16.8 Å². The minimum atomic E-state index is -3.76. The molecule has 0 radical (unpaired) electrons. The summed E-state index contributed by atoms with van der Waals surface area (Å²) in [5.41, 5.74) is 0.565. The molecule has 24 heavy (non-hydrogen) atoms. The highest BCUT2D eigenvalue weighted by Gasteiger charge is 2.28. The number of carbonyl (C=O) groups is 1. The number of carboxylic acid groups (broad SMARTS) is 1. The molecule has 2 aromatic carbocycles. The van der Waals surface area contributed by atoms with Crippen LogP contribution in [0.25, 0.3) is 0 Å². The van der Waals surface area contributed by atoms with Crippen molar-refractivity contribution < 1.29 is 18.3 Å². The highest BCUT2D eigenvalue weighted by molar-refractivity contribution is 7.89. The molecular weight excluding hydrogens is 370 g/mol. The van der Waals surface area contributed by atoms with Gasteiger partial charge >= 0.3 is 5.97 Å². The van der Waals surface area contributed by atoms with Crippen molar-refractivity contribution in [2.24, 2.45) is 0 Å². The maximum atomic E-state index is 12.2. The summed E-state index contributed by atoms with van der Waals surface area (Å²) in [7, 11) is -3.76. The van der Waals surface area contributed by atoms with Gasteiger partial charge in [-0.1, -0.05) is 41.9 Å². The van der Waals surface area contributed by atoms with E-state index in [0.29, 0.717) is 10.6 Å². The predicted molar refractivity (Wildman–Crippen MR) is 96.2 cm³/mol. The SMILES string of the molecule is O=C(O)C(c1ccccc1)C(S)CNS(=O)(=O)c1ccc(Cl)cc1. The van der Waals surface area contributed by atoms with Gasteiger partial charge in [-0.25, -0.2) is 13.1 Å². The fourth-order valence-corrected chi connectivity index (χ4v) is 3.90. The van der Waals surface area contributed by atoms with E-state index in [0.717, 1.165) is 0 Å². The Bertz CT molecular complexity index is 795. The van der Waals surface area contributed by atoms with Crippen LogP contribution in [0.5, 0.6) is 0 Å². The molecule has 0 aliphatic rings. The predicted octanol–water partition coefficient (Wildman–Crippen LogP) is 2.79. The minimum absolute atomic E-state index is 0.0546. The Morgan fingerprint density at radius 2 is 1.71 bits per heavy atom. The Balaban J connectivity index is 2.11. The minimum Gasteiger partial charge on any atom is -0.481 e. The van der Waals surface area contributed by atoms with E-state index in [-0.39, 0.29) is 11.4 Å². The normalized spacial score (nSPS) is 14.1. The van der Waals surface area contributed by atoms with E-state index in [2.05, 4.69) is 17.4 Å². The molecule has 2 unspecified atom stereocenters. The van der Waals surface area contributed by atoms with Crippen LogP contribution in [0, 0.1) is 0 Å². The summed E-state index contributed by atoms with van der Waals surface area (Å²) in [5.74, 6) is -1.99. The number of carboxylic acids is 1. The van der Waals surface area contributed by atoms with Crippen LogP contribution in [-0.4, -0.2) is 31.3 Å². The molecule has 8 heteroatoms. The summed E-state index contributed by atoms with van der Waals surface area (Å²) in [5, 5.41) is 9.13. The Hall–Kier alpha value is -1.54. The lowest BCUT2D eigenvalue weighted by atomic mass is 9.95. The highest BCUT2D eigenvalue weighted by atomic mass is 35.5. The van der Waals surface area contributed by atoms with Crippen molar-refractivity contribution in [3.8, 4) is 0 Å². The van der Waals surface area contributed by atoms with Crippen LogP contribution in [0.1, 0.15) is 11.5 Å². The number of halogens is 1. The summed E-state index contributed by atoms with van der Waals surface area (Å²) < 4.78 is 26.9. The van der Waals surface area contributed by atoms with E-state index in [4.69, 9.17) is 11.6 Å². The zero-order valence-corrected chi connectivity index (χ0v) is 14.9. The second-order valence-corrected chi connectivity index (χ2v) is 7.97. The van der Waals surface area contributed by atoms with Gasteiger partial charge in [0.15, 0.2) is 0 Å². The standard InChI is InChI=1S/C16H16ClNO4S2/c17-12-6-8-13(9-7-12)24(21,22)18-10-14(23)15(16(19)20)11-4-2-1-3-5-11/h1-9,14-15,18,23H,10H2,(H,19,20). The Morgan fingerprint density at radius 1 is 1.12 bits per heavy atom. The third kappa shape index (κ3) is 4.73. The van der Waals surface area contributed by atoms with Crippen LogP contribution in [0.4, 0.5) is 0 Å². The van der Waals surface area contributed by atoms with Crippen molar-refractivity contribution in [3.63, 3.8) is 0 Å². The Kier molecular flexibility index (Phi) is 6.28. The second-order valence-electron chi connectivity index (χ2n) is 5.10. The fraction of sp³-hybridized carbons (Fsp3) is 0.188. The lowest BCUT2D eigenvalue weighted by Gasteiger charge is -2.20. The molecule has 2 rings (SSSR count). The highest BCUT2D eigenvalue weighted by Crippen LogP contribution is 2.24. The van der Waals surface area contributed by atoms with E-state index in [1.165, 1.54) is 24.3 Å². The van der Waals surface area contributed by atoms with Gasteiger partial charge in [0.05, 0.1) is 10.8 Å². The first-order valence-electron chi connectivity index (χ1n) is 7.02. The summed E-state index contributed by atoms with van der Waals surface area (Å²) >= 11 is 10.0. The first-order chi connectivity index (χ1) is 11.3. The van der Waals surface area contributed by atoms with Gasteiger partial charge in [-0.2, -0.15) is 12.6 Å². The quantitative estimate of drug-likeness (QED) is 0.640. The monoisotopic (exact) mass is 385 g/mol. The molecule has 0 heterocycles. The van der Waals surface area contributed by atoms with Crippen molar-refractivity contribution in [3.05, 3.63) is 65.2 Å². The molecule has 128 valence electrons. The number of rotatable bonds is 7. The van der Waals surface area contributed by atoms with Crippen molar-refractivity contribution in [1.29, 1.82) is 0 Å². The van der Waals surface area contributed by atoms with Crippen LogP contribution in [0.2, 0.25) is 5.02 Å². The zero-order chi connectivity index (χ0) is 17.7. The molecule has 0 aliphatic heterocycles. The molecule has 0 fully saturated rings. The Morgan fingerprint density at radius 3 is 2.25 bits per heavy atom. The van der Waals surface area contributed by atoms with Gasteiger partial charge in [0.2, 0.25) is 10.0 Å². The topological polar surface area (TPSA) is 83.5 Å². The van der Waals surface area contributed by atoms with Gasteiger partial charge in [0.1, 0.15) is 0 Å². The first-order valence-corrected chi connectivity index (χ1v) is 9.40. The van der Waals surface area contributed by atoms with Crippen LogP contribution < -0.4 is 4.72 Å². The third-order valence-corrected chi connectivity index (χ3v) is 5.59. The van der Waals surface area contributed by atoms with E-state index in [9.17, 15) is 18.3 Å². The lowest BCUT2D eigenvalue weighted by molar-refractivity contribution is -0.138. The van der Waals surface area contributed by atoms with Gasteiger partial charge in [-0.15, -0.1) is 0 Å². The van der Waals surface area contributed by atoms with E-state index in [1.54, 1.807) is 30.3 Å². The van der Waals surface area contributed by atoms with Gasteiger partial charge in [0.25, 0.3) is 0 Å². The molecule has 0 aromatic heterocycles. The largest absolute Gasteiger partial charge is 0.481 e. The molecule has 2 atom stereocenters. The smallest absolute Gasteiger partial charge is 0.312 e. The van der Waals surface area contributed by atoms with Crippen molar-refractivity contribution >= 4 is 40.2 Å². The number of hydrogen-bond acceptors (Lipinski definition) is 4. The maximum absolute atomic E-state index is 12.2. The molecule has 0 saturated carbocycles. The van der Waals surface area contributed by atoms with Crippen molar-refractivity contribution in [1.82, 2.24) is 4.72 Å². The molecule has 0 saturated heterocycles. The summed E-state index contributed by atoms with van der Waals surface area (Å²) in [4.78, 5) is 11.6. The number of thiol groups is 1. The number of aliphatic carboxylic acids is 1. The van der Waals surface area contributed by atoms with Crippen LogP contribution in [-0.2, 0) is 14.8 Å². The Labute approximate surface area is 151 Å². The van der Waals surface area contributed by atoms with Gasteiger partial charge in [-0.3, -0.25) is 4.79 Å². The maximum Gasteiger partial charge on any atom is 0.312 e. The zero-order valence-electron chi connectivity index (χ0n) is 12.5. The molecular formula is C16H16ClNO4S2. The lowest BCUT2D eigenvalue weighted by Crippen LogP contribution is -2.35. The first kappa shape index (κ1) is 18.8. The van der Waals surface area contributed by atoms with Crippen LogP contribution in [0.3, 0.4) is 0 Å². The van der Waals surface area contributed by atoms with E-state index >= 15 is 0 Å². The van der Waals surface area contributed by atoms with Crippen LogP contribution in [0.15, 0.2) is 59.5 Å². The van der Waals surface area contributed by atoms with Crippen molar-refractivity contribution in [2.75, 3.05) is 6.54 Å². The fourth-order valence-electron chi connectivity index (χ4n) is 2.20. The molecule has 5 nitrogen and oxygen atoms in total. The van der Waals surface area contributed by atoms with E-state index < -0.39 is 27.2 Å². The number of benzene rings is 2. The average molecular weight is 386 g/mol. The third-order valence-electron chi connectivity index (χ3n) is 3.42. The number of nitrogens with one attached hydrogen (secondary N) is 1. The number of hydrogen-bond donors (Lipinski definition) is 3. The van der Waals surface area contributed by atoms with Gasteiger partial charge < -0.3 is 5.11 Å². The van der Waals surface area contributed by atoms with Gasteiger partial charge in [-0.05, 0) is 29.8 Å². The summed E-state index contributed by atoms with van der Waals surface area (Å²) in [6.45, 7) is -0.125. The van der Waals surface area contributed by atoms with Crippen LogP contribution >= 0.6 is 24.2 Å². The second kappa shape index (κ2) is 8.02. The average Bonchev–Trinajstić information content (AvgIpc) is 2.54. The van der Waals surface area contributed by atoms with Crippen molar-refractivity contribution in [2.45, 2.75) is 16.1 Å². The summed E-state index contributed by atoms with van der Waals surface area (Å²) in [6, 6.07) is 14.3. The number of sulfonamides is 1. The molecule has 2 N–H and O–H groups in total.